The SMILES string of the molecule is CC(=O)O[C@H]1CC[C@@]2(C)C(=CC[C@H]3[C@H]2CC[C@@]2(C)[C@H]3C[C@H]3CCCC[C@@]32C(C)=O)C1. The molecule has 0 amide bonds. The van der Waals surface area contributed by atoms with Crippen molar-refractivity contribution in [3.8, 4) is 0 Å². The van der Waals surface area contributed by atoms with Gasteiger partial charge >= 0.3 is 5.97 Å². The number of ether oxygens (including phenoxy) is 1. The van der Waals surface area contributed by atoms with Crippen LogP contribution in [0.3, 0.4) is 0 Å². The van der Waals surface area contributed by atoms with Gasteiger partial charge in [-0.15, -0.1) is 0 Å². The van der Waals surface area contributed by atoms with Crippen LogP contribution < -0.4 is 0 Å². The maximum atomic E-state index is 13.2. The minimum atomic E-state index is -0.144. The second-order valence-electron chi connectivity index (χ2n) is 11.9. The molecule has 5 rings (SSSR count). The first-order chi connectivity index (χ1) is 14.2. The van der Waals surface area contributed by atoms with E-state index in [1.165, 1.54) is 51.9 Å². The van der Waals surface area contributed by atoms with Crippen LogP contribution in [0, 0.1) is 39.9 Å². The van der Waals surface area contributed by atoms with Gasteiger partial charge in [0, 0.05) is 18.8 Å². The summed E-state index contributed by atoms with van der Waals surface area (Å²) in [4.78, 5) is 24.7. The lowest BCUT2D eigenvalue weighted by Crippen LogP contribution is -2.55. The Bertz CT molecular complexity index is 783. The summed E-state index contributed by atoms with van der Waals surface area (Å²) in [7, 11) is 0. The monoisotopic (exact) mass is 412 g/mol. The average Bonchev–Trinajstić information content (AvgIpc) is 2.98. The summed E-state index contributed by atoms with van der Waals surface area (Å²) in [5, 5.41) is 0. The molecule has 0 radical (unpaired) electrons. The molecule has 3 heteroatoms. The van der Waals surface area contributed by atoms with Crippen LogP contribution in [0.1, 0.15) is 98.3 Å². The number of ketones is 1. The van der Waals surface area contributed by atoms with Crippen molar-refractivity contribution >= 4 is 11.8 Å². The molecule has 0 heterocycles. The maximum absolute atomic E-state index is 13.2. The highest BCUT2D eigenvalue weighted by Gasteiger charge is 2.68. The molecule has 5 aliphatic carbocycles. The van der Waals surface area contributed by atoms with Crippen molar-refractivity contribution in [3.05, 3.63) is 11.6 Å². The fourth-order valence-corrected chi connectivity index (χ4v) is 9.76. The summed E-state index contributed by atoms with van der Waals surface area (Å²) in [6.45, 7) is 8.46. The van der Waals surface area contributed by atoms with Gasteiger partial charge in [-0.25, -0.2) is 0 Å². The Kier molecular flexibility index (Phi) is 4.80. The molecule has 4 saturated carbocycles. The van der Waals surface area contributed by atoms with Crippen LogP contribution in [-0.4, -0.2) is 17.9 Å². The third kappa shape index (κ3) is 2.62. The predicted octanol–water partition coefficient (Wildman–Crippen LogP) is 6.26. The lowest BCUT2D eigenvalue weighted by Gasteiger charge is -2.60. The molecule has 166 valence electrons. The standard InChI is InChI=1S/C27H40O3/c1-17(28)27-12-6-5-7-20(27)16-24-22-9-8-19-15-21(30-18(2)29)10-13-25(19,3)23(22)11-14-26(24,27)4/h8,20-24H,5-7,9-16H2,1-4H3/t20-,21+,22+,23-,24+,25+,26+,27-/m1/s1. The van der Waals surface area contributed by atoms with Crippen LogP contribution in [0.2, 0.25) is 0 Å². The molecule has 0 spiro atoms. The van der Waals surface area contributed by atoms with E-state index in [2.05, 4.69) is 19.9 Å². The zero-order chi connectivity index (χ0) is 21.3. The highest BCUT2D eigenvalue weighted by molar-refractivity contribution is 5.84. The van der Waals surface area contributed by atoms with E-state index in [0.717, 1.165) is 37.5 Å². The van der Waals surface area contributed by atoms with E-state index in [1.807, 2.05) is 6.92 Å². The molecule has 0 aromatic heterocycles. The maximum Gasteiger partial charge on any atom is 0.302 e. The average molecular weight is 413 g/mol. The molecule has 0 saturated heterocycles. The minimum absolute atomic E-state index is 0.0429. The summed E-state index contributed by atoms with van der Waals surface area (Å²) in [6.07, 6.45) is 15.6. The predicted molar refractivity (Wildman–Crippen MR) is 118 cm³/mol. The largest absolute Gasteiger partial charge is 0.462 e. The number of Topliss-reactive ketones (excluding diaryl/α,β-unsaturated/α-hetero) is 1. The lowest BCUT2D eigenvalue weighted by atomic mass is 9.44. The van der Waals surface area contributed by atoms with E-state index in [-0.39, 0.29) is 28.3 Å². The molecule has 30 heavy (non-hydrogen) atoms. The van der Waals surface area contributed by atoms with Gasteiger partial charge in [-0.1, -0.05) is 38.3 Å². The highest BCUT2D eigenvalue weighted by Crippen LogP contribution is 2.73. The fraction of sp³-hybridized carbons (Fsp3) is 0.852. The Hall–Kier alpha value is -1.12. The molecule has 5 aliphatic rings. The van der Waals surface area contributed by atoms with Crippen LogP contribution in [0.25, 0.3) is 0 Å². The van der Waals surface area contributed by atoms with Crippen LogP contribution in [-0.2, 0) is 14.3 Å². The van der Waals surface area contributed by atoms with E-state index in [0.29, 0.717) is 17.6 Å². The molecule has 0 N–H and O–H groups in total. The normalized spacial score (nSPS) is 49.7. The van der Waals surface area contributed by atoms with Crippen LogP contribution in [0.5, 0.6) is 0 Å². The number of hydrogen-bond acceptors (Lipinski definition) is 3. The molecule has 3 nitrogen and oxygen atoms in total. The Labute approximate surface area is 182 Å². The van der Waals surface area contributed by atoms with Gasteiger partial charge in [-0.2, -0.15) is 0 Å². The Balaban J connectivity index is 1.46. The molecule has 0 aliphatic heterocycles. The van der Waals surface area contributed by atoms with E-state index >= 15 is 0 Å². The van der Waals surface area contributed by atoms with E-state index in [9.17, 15) is 9.59 Å². The number of rotatable bonds is 2. The Morgan fingerprint density at radius 2 is 1.80 bits per heavy atom. The lowest BCUT2D eigenvalue weighted by molar-refractivity contribution is -0.151. The van der Waals surface area contributed by atoms with Gasteiger partial charge in [0.1, 0.15) is 11.9 Å². The topological polar surface area (TPSA) is 43.4 Å². The smallest absolute Gasteiger partial charge is 0.302 e. The third-order valence-corrected chi connectivity index (χ3v) is 11.0. The van der Waals surface area contributed by atoms with E-state index in [4.69, 9.17) is 4.74 Å². The highest BCUT2D eigenvalue weighted by atomic mass is 16.5. The molecule has 0 aromatic carbocycles. The fourth-order valence-electron chi connectivity index (χ4n) is 9.76. The van der Waals surface area contributed by atoms with Crippen molar-refractivity contribution in [2.75, 3.05) is 0 Å². The Morgan fingerprint density at radius 3 is 2.53 bits per heavy atom. The van der Waals surface area contributed by atoms with Crippen LogP contribution in [0.4, 0.5) is 0 Å². The summed E-state index contributed by atoms with van der Waals surface area (Å²) in [6, 6.07) is 0. The zero-order valence-electron chi connectivity index (χ0n) is 19.5. The second-order valence-corrected chi connectivity index (χ2v) is 11.9. The van der Waals surface area contributed by atoms with Gasteiger partial charge in [0.25, 0.3) is 0 Å². The van der Waals surface area contributed by atoms with E-state index < -0.39 is 0 Å². The van der Waals surface area contributed by atoms with Gasteiger partial charge in [0.15, 0.2) is 0 Å². The molecule has 0 unspecified atom stereocenters. The molecule has 0 bridgehead atoms. The van der Waals surface area contributed by atoms with Gasteiger partial charge in [0.2, 0.25) is 0 Å². The number of carbonyl (C=O) groups excluding carboxylic acids is 2. The van der Waals surface area contributed by atoms with Gasteiger partial charge < -0.3 is 4.74 Å². The molecule has 0 aromatic rings. The van der Waals surface area contributed by atoms with E-state index in [1.54, 1.807) is 5.57 Å². The van der Waals surface area contributed by atoms with Crippen molar-refractivity contribution in [1.29, 1.82) is 0 Å². The van der Waals surface area contributed by atoms with Gasteiger partial charge in [0.05, 0.1) is 0 Å². The zero-order valence-corrected chi connectivity index (χ0v) is 19.5. The van der Waals surface area contributed by atoms with Gasteiger partial charge in [-0.05, 0) is 92.8 Å². The first kappa shape index (κ1) is 20.8. The first-order valence-electron chi connectivity index (χ1n) is 12.6. The number of carbonyl (C=O) groups is 2. The number of allylic oxidation sites excluding steroid dienone is 1. The van der Waals surface area contributed by atoms with Crippen molar-refractivity contribution in [1.82, 2.24) is 0 Å². The van der Waals surface area contributed by atoms with Crippen LogP contribution in [0.15, 0.2) is 11.6 Å². The molecule has 8 atom stereocenters. The molecular formula is C27H40O3. The quantitative estimate of drug-likeness (QED) is 0.397. The molecular weight excluding hydrogens is 372 g/mol. The number of fused-ring (bicyclic) bond motifs is 7. The number of esters is 1. The van der Waals surface area contributed by atoms with Crippen molar-refractivity contribution in [2.45, 2.75) is 104 Å². The Morgan fingerprint density at radius 1 is 1.00 bits per heavy atom. The first-order valence-corrected chi connectivity index (χ1v) is 12.6. The summed E-state index contributed by atoms with van der Waals surface area (Å²) in [5.74, 6) is 3.13. The second kappa shape index (κ2) is 6.94. The van der Waals surface area contributed by atoms with Crippen molar-refractivity contribution < 1.29 is 14.3 Å². The number of hydrogen-bond donors (Lipinski definition) is 0. The minimum Gasteiger partial charge on any atom is -0.462 e. The summed E-state index contributed by atoms with van der Waals surface area (Å²) in [5.41, 5.74) is 1.97. The summed E-state index contributed by atoms with van der Waals surface area (Å²) >= 11 is 0. The van der Waals surface area contributed by atoms with Crippen LogP contribution >= 0.6 is 0 Å². The third-order valence-electron chi connectivity index (χ3n) is 11.0. The van der Waals surface area contributed by atoms with Crippen molar-refractivity contribution in [3.63, 3.8) is 0 Å². The molecule has 4 fully saturated rings. The summed E-state index contributed by atoms with van der Waals surface area (Å²) < 4.78 is 5.59. The van der Waals surface area contributed by atoms with Gasteiger partial charge in [-0.3, -0.25) is 9.59 Å². The van der Waals surface area contributed by atoms with Crippen molar-refractivity contribution in [2.24, 2.45) is 39.9 Å².